The van der Waals surface area contributed by atoms with Crippen molar-refractivity contribution in [1.29, 1.82) is 0 Å². The van der Waals surface area contributed by atoms with Crippen molar-refractivity contribution < 1.29 is 9.13 Å². The van der Waals surface area contributed by atoms with E-state index in [-0.39, 0.29) is 11.7 Å². The third-order valence-electron chi connectivity index (χ3n) is 2.41. The number of anilines is 2. The van der Waals surface area contributed by atoms with Gasteiger partial charge in [0.25, 0.3) is 5.69 Å². The van der Waals surface area contributed by atoms with Gasteiger partial charge in [-0.05, 0) is 19.9 Å². The lowest BCUT2D eigenvalue weighted by Gasteiger charge is -2.15. The van der Waals surface area contributed by atoms with Crippen LogP contribution in [0, 0.1) is 10.1 Å². The Hall–Kier alpha value is -1.63. The summed E-state index contributed by atoms with van der Waals surface area (Å²) in [6.45, 7) is 4.51. The van der Waals surface area contributed by atoms with Crippen LogP contribution >= 0.6 is 0 Å². The fourth-order valence-electron chi connectivity index (χ4n) is 1.78. The van der Waals surface area contributed by atoms with Gasteiger partial charge >= 0.3 is 0 Å². The molecule has 0 heterocycles. The summed E-state index contributed by atoms with van der Waals surface area (Å²) in [6.07, 6.45) is 1.63. The third-order valence-corrected chi connectivity index (χ3v) is 3.38. The first-order chi connectivity index (χ1) is 8.92. The molecule has 2 atom stereocenters. The molecule has 7 heteroatoms. The average molecular weight is 285 g/mol. The minimum atomic E-state index is -0.904. The zero-order valence-electron chi connectivity index (χ0n) is 11.3. The molecule has 0 aliphatic carbocycles. The molecule has 2 unspecified atom stereocenters. The topological polar surface area (TPSA) is 84.3 Å². The summed E-state index contributed by atoms with van der Waals surface area (Å²) in [5, 5.41) is 17.1. The van der Waals surface area contributed by atoms with Crippen LogP contribution in [0.4, 0.5) is 17.1 Å². The Kier molecular flexibility index (Phi) is 5.75. The second-order valence-electron chi connectivity index (χ2n) is 4.34. The minimum Gasteiger partial charge on any atom is -0.385 e. The van der Waals surface area contributed by atoms with Crippen molar-refractivity contribution in [3.8, 4) is 0 Å². The summed E-state index contributed by atoms with van der Waals surface area (Å²) in [5.41, 5.74) is 1.39. The van der Waals surface area contributed by atoms with Crippen LogP contribution in [0.15, 0.2) is 18.2 Å². The number of benzene rings is 1. The fraction of sp³-hybridized carbons (Fsp3) is 0.500. The van der Waals surface area contributed by atoms with Crippen LogP contribution in [0.25, 0.3) is 0 Å². The number of nitro groups is 1. The van der Waals surface area contributed by atoms with E-state index in [9.17, 15) is 14.3 Å². The molecule has 0 bridgehead atoms. The van der Waals surface area contributed by atoms with Crippen molar-refractivity contribution in [1.82, 2.24) is 0 Å². The Morgan fingerprint density at radius 3 is 2.53 bits per heavy atom. The molecule has 0 aromatic heterocycles. The fourth-order valence-corrected chi connectivity index (χ4v) is 2.57. The summed E-state index contributed by atoms with van der Waals surface area (Å²) < 4.78 is 11.1. The van der Waals surface area contributed by atoms with Gasteiger partial charge in [0, 0.05) is 58.9 Å². The van der Waals surface area contributed by atoms with E-state index in [1.54, 1.807) is 6.26 Å². The van der Waals surface area contributed by atoms with Gasteiger partial charge in [-0.15, -0.1) is 0 Å². The summed E-state index contributed by atoms with van der Waals surface area (Å²) in [5.74, 6) is 0.499. The number of hydrogen-bond acceptors (Lipinski definition) is 5. The van der Waals surface area contributed by atoms with Gasteiger partial charge in [0.15, 0.2) is 0 Å². The molecular formula is C12H19N3O3S. The predicted octanol–water partition coefficient (Wildman–Crippen LogP) is 2.21. The van der Waals surface area contributed by atoms with Crippen molar-refractivity contribution in [2.45, 2.75) is 19.9 Å². The standard InChI is InChI=1S/C12H19N3O3S/c1-4-13-10-5-11(7-12(6-10)15(16)17)14-9(2)8-19(3)18/h5-7,9,13-14H,4,8H2,1-3H3. The Morgan fingerprint density at radius 2 is 2.00 bits per heavy atom. The summed E-state index contributed by atoms with van der Waals surface area (Å²) in [7, 11) is -0.904. The van der Waals surface area contributed by atoms with E-state index in [2.05, 4.69) is 10.6 Å². The highest BCUT2D eigenvalue weighted by Gasteiger charge is 2.11. The van der Waals surface area contributed by atoms with Gasteiger partial charge in [-0.2, -0.15) is 0 Å². The maximum atomic E-state index is 11.1. The molecule has 0 aliphatic heterocycles. The number of nitrogens with zero attached hydrogens (tertiary/aromatic N) is 1. The van der Waals surface area contributed by atoms with E-state index in [4.69, 9.17) is 0 Å². The van der Waals surface area contributed by atoms with Gasteiger partial charge in [-0.25, -0.2) is 0 Å². The van der Waals surface area contributed by atoms with Crippen LogP contribution in [0.5, 0.6) is 0 Å². The highest BCUT2D eigenvalue weighted by atomic mass is 32.2. The minimum absolute atomic E-state index is 0.0117. The first-order valence-corrected chi connectivity index (χ1v) is 7.75. The molecule has 0 spiro atoms. The maximum absolute atomic E-state index is 11.1. The Balaban J connectivity index is 2.92. The first-order valence-electron chi connectivity index (χ1n) is 6.02. The van der Waals surface area contributed by atoms with E-state index in [1.807, 2.05) is 19.9 Å². The molecular weight excluding hydrogens is 266 g/mol. The second kappa shape index (κ2) is 7.08. The number of hydrogen-bond donors (Lipinski definition) is 2. The number of nitrogens with one attached hydrogen (secondary N) is 2. The molecule has 0 fully saturated rings. The van der Waals surface area contributed by atoms with E-state index < -0.39 is 15.7 Å². The molecule has 106 valence electrons. The first kappa shape index (κ1) is 15.4. The molecule has 1 rings (SSSR count). The van der Waals surface area contributed by atoms with Gasteiger partial charge in [0.2, 0.25) is 0 Å². The SMILES string of the molecule is CCNc1cc(NC(C)CS(C)=O)cc([N+](=O)[O-])c1. The van der Waals surface area contributed by atoms with Crippen molar-refractivity contribution in [2.75, 3.05) is 29.2 Å². The molecule has 0 aliphatic rings. The average Bonchev–Trinajstić information content (AvgIpc) is 2.27. The van der Waals surface area contributed by atoms with Gasteiger partial charge < -0.3 is 10.6 Å². The third kappa shape index (κ3) is 5.25. The molecule has 1 aromatic carbocycles. The van der Waals surface area contributed by atoms with Crippen LogP contribution < -0.4 is 10.6 Å². The lowest BCUT2D eigenvalue weighted by molar-refractivity contribution is -0.384. The monoisotopic (exact) mass is 285 g/mol. The van der Waals surface area contributed by atoms with Crippen molar-refractivity contribution in [3.63, 3.8) is 0 Å². The molecule has 2 N–H and O–H groups in total. The number of non-ortho nitro benzene ring substituents is 1. The highest BCUT2D eigenvalue weighted by molar-refractivity contribution is 7.84. The lowest BCUT2D eigenvalue weighted by Crippen LogP contribution is -2.22. The molecule has 19 heavy (non-hydrogen) atoms. The second-order valence-corrected chi connectivity index (χ2v) is 5.82. The molecule has 6 nitrogen and oxygen atoms in total. The van der Waals surface area contributed by atoms with E-state index >= 15 is 0 Å². The van der Waals surface area contributed by atoms with Gasteiger partial charge in [-0.1, -0.05) is 0 Å². The number of rotatable bonds is 7. The Bertz CT molecular complexity index is 479. The smallest absolute Gasteiger partial charge is 0.273 e. The lowest BCUT2D eigenvalue weighted by atomic mass is 10.2. The summed E-state index contributed by atoms with van der Waals surface area (Å²) in [6, 6.07) is 4.78. The zero-order chi connectivity index (χ0) is 14.4. The van der Waals surface area contributed by atoms with Crippen LogP contribution in [0.3, 0.4) is 0 Å². The van der Waals surface area contributed by atoms with Gasteiger partial charge in [0.05, 0.1) is 4.92 Å². The molecule has 0 saturated carbocycles. The van der Waals surface area contributed by atoms with Gasteiger partial charge in [-0.3, -0.25) is 14.3 Å². The molecule has 0 saturated heterocycles. The molecule has 0 radical (unpaired) electrons. The Labute approximate surface area is 115 Å². The Morgan fingerprint density at radius 1 is 1.37 bits per heavy atom. The molecule has 1 aromatic rings. The van der Waals surface area contributed by atoms with Gasteiger partial charge in [0.1, 0.15) is 0 Å². The zero-order valence-corrected chi connectivity index (χ0v) is 12.1. The van der Waals surface area contributed by atoms with Crippen molar-refractivity contribution >= 4 is 27.9 Å². The van der Waals surface area contributed by atoms with E-state index in [0.29, 0.717) is 23.7 Å². The van der Waals surface area contributed by atoms with E-state index in [1.165, 1.54) is 12.1 Å². The maximum Gasteiger partial charge on any atom is 0.273 e. The molecule has 0 amide bonds. The normalized spacial score (nSPS) is 13.6. The van der Waals surface area contributed by atoms with Crippen LogP contribution in [-0.4, -0.2) is 33.7 Å². The predicted molar refractivity (Wildman–Crippen MR) is 79.3 cm³/mol. The van der Waals surface area contributed by atoms with Crippen molar-refractivity contribution in [2.24, 2.45) is 0 Å². The quantitative estimate of drug-likeness (QED) is 0.592. The van der Waals surface area contributed by atoms with Crippen LogP contribution in [0.2, 0.25) is 0 Å². The van der Waals surface area contributed by atoms with Crippen LogP contribution in [0.1, 0.15) is 13.8 Å². The van der Waals surface area contributed by atoms with E-state index in [0.717, 1.165) is 0 Å². The summed E-state index contributed by atoms with van der Waals surface area (Å²) >= 11 is 0. The summed E-state index contributed by atoms with van der Waals surface area (Å²) in [4.78, 5) is 10.5. The number of nitro benzene ring substituents is 1. The largest absolute Gasteiger partial charge is 0.385 e. The van der Waals surface area contributed by atoms with Crippen LogP contribution in [-0.2, 0) is 10.8 Å². The van der Waals surface area contributed by atoms with Crippen molar-refractivity contribution in [3.05, 3.63) is 28.3 Å². The highest BCUT2D eigenvalue weighted by Crippen LogP contribution is 2.24.